The second-order valence-corrected chi connectivity index (χ2v) is 4.56. The number of nitrogens with zero attached hydrogens (tertiary/aromatic N) is 2. The van der Waals surface area contributed by atoms with Crippen LogP contribution in [0.15, 0.2) is 24.5 Å². The molecule has 0 spiro atoms. The highest BCUT2D eigenvalue weighted by molar-refractivity contribution is 5.07. The highest BCUT2D eigenvalue weighted by Crippen LogP contribution is 1.99. The maximum Gasteiger partial charge on any atom is 0.0312 e. The number of likely N-dealkylation sites (N-methyl/N-ethyl adjacent to an activating group) is 1. The first kappa shape index (κ1) is 14.1. The Morgan fingerprint density at radius 3 is 2.88 bits per heavy atom. The molecule has 0 aliphatic heterocycles. The van der Waals surface area contributed by atoms with Crippen LogP contribution in [0.4, 0.5) is 0 Å². The average Bonchev–Trinajstić information content (AvgIpc) is 2.35. The number of aromatic nitrogens is 1. The minimum absolute atomic E-state index is 0.977. The summed E-state index contributed by atoms with van der Waals surface area (Å²) in [5, 5.41) is 3.48. The van der Waals surface area contributed by atoms with Crippen molar-refractivity contribution in [2.24, 2.45) is 0 Å². The monoisotopic (exact) mass is 235 g/mol. The molecule has 0 fully saturated rings. The average molecular weight is 235 g/mol. The summed E-state index contributed by atoms with van der Waals surface area (Å²) in [6, 6.07) is 4.12. The van der Waals surface area contributed by atoms with Crippen LogP contribution in [0.1, 0.15) is 31.7 Å². The molecule has 0 aromatic carbocycles. The predicted octanol–water partition coefficient (Wildman–Crippen LogP) is 2.29. The Morgan fingerprint density at radius 2 is 2.18 bits per heavy atom. The maximum absolute atomic E-state index is 4.13. The van der Waals surface area contributed by atoms with Crippen molar-refractivity contribution in [2.75, 3.05) is 26.7 Å². The first-order valence-corrected chi connectivity index (χ1v) is 6.61. The molecule has 0 bridgehead atoms. The van der Waals surface area contributed by atoms with Crippen LogP contribution in [0.5, 0.6) is 0 Å². The van der Waals surface area contributed by atoms with Gasteiger partial charge in [-0.05, 0) is 31.6 Å². The predicted molar refractivity (Wildman–Crippen MR) is 73.0 cm³/mol. The normalized spacial score (nSPS) is 11.0. The molecule has 0 aliphatic rings. The lowest BCUT2D eigenvalue weighted by molar-refractivity contribution is 0.323. The fourth-order valence-corrected chi connectivity index (χ4v) is 1.78. The molecule has 0 radical (unpaired) electrons. The Morgan fingerprint density at radius 1 is 1.29 bits per heavy atom. The number of unbranched alkanes of at least 4 members (excludes halogenated alkanes) is 2. The van der Waals surface area contributed by atoms with Crippen LogP contribution in [0.2, 0.25) is 0 Å². The Labute approximate surface area is 105 Å². The number of hydrogen-bond acceptors (Lipinski definition) is 3. The van der Waals surface area contributed by atoms with E-state index in [1.54, 1.807) is 0 Å². The maximum atomic E-state index is 4.13. The smallest absolute Gasteiger partial charge is 0.0312 e. The highest BCUT2D eigenvalue weighted by Gasteiger charge is 1.99. The third-order valence-electron chi connectivity index (χ3n) is 2.80. The molecule has 0 atom stereocenters. The Kier molecular flexibility index (Phi) is 7.60. The fraction of sp³-hybridized carbons (Fsp3) is 0.643. The summed E-state index contributed by atoms with van der Waals surface area (Å²) in [6.07, 6.45) is 7.67. The second kappa shape index (κ2) is 9.14. The molecule has 1 aromatic rings. The van der Waals surface area contributed by atoms with Crippen LogP contribution in [-0.4, -0.2) is 36.6 Å². The lowest BCUT2D eigenvalue weighted by atomic mass is 10.2. The highest BCUT2D eigenvalue weighted by atomic mass is 15.1. The molecule has 0 aliphatic carbocycles. The molecule has 3 heteroatoms. The molecule has 0 amide bonds. The lowest BCUT2D eigenvalue weighted by Gasteiger charge is -2.16. The van der Waals surface area contributed by atoms with Gasteiger partial charge in [0.25, 0.3) is 0 Å². The number of nitrogens with one attached hydrogen (secondary N) is 1. The largest absolute Gasteiger partial charge is 0.315 e. The van der Waals surface area contributed by atoms with Gasteiger partial charge in [-0.2, -0.15) is 0 Å². The van der Waals surface area contributed by atoms with E-state index in [0.717, 1.165) is 26.2 Å². The van der Waals surface area contributed by atoms with E-state index in [1.165, 1.54) is 24.8 Å². The standard InChI is InChI=1S/C14H25N3/c1-3-4-5-8-15-10-11-17(2)13-14-7-6-9-16-12-14/h6-7,9,12,15H,3-5,8,10-11,13H2,1-2H3. The molecule has 0 saturated carbocycles. The summed E-state index contributed by atoms with van der Waals surface area (Å²) in [7, 11) is 2.15. The van der Waals surface area contributed by atoms with Crippen LogP contribution < -0.4 is 5.32 Å². The third kappa shape index (κ3) is 7.08. The van der Waals surface area contributed by atoms with Crippen molar-refractivity contribution >= 4 is 0 Å². The molecule has 0 saturated heterocycles. The first-order chi connectivity index (χ1) is 8.33. The van der Waals surface area contributed by atoms with Crippen LogP contribution in [0.25, 0.3) is 0 Å². The quantitative estimate of drug-likeness (QED) is 0.666. The van der Waals surface area contributed by atoms with Gasteiger partial charge in [0.15, 0.2) is 0 Å². The summed E-state index contributed by atoms with van der Waals surface area (Å²) in [5.74, 6) is 0. The topological polar surface area (TPSA) is 28.2 Å². The molecule has 96 valence electrons. The van der Waals surface area contributed by atoms with Gasteiger partial charge in [0.2, 0.25) is 0 Å². The van der Waals surface area contributed by atoms with Crippen molar-refractivity contribution in [1.82, 2.24) is 15.2 Å². The molecular formula is C14H25N3. The number of hydrogen-bond donors (Lipinski definition) is 1. The van der Waals surface area contributed by atoms with E-state index >= 15 is 0 Å². The van der Waals surface area contributed by atoms with Crippen LogP contribution in [0.3, 0.4) is 0 Å². The van der Waals surface area contributed by atoms with Gasteiger partial charge in [-0.3, -0.25) is 4.98 Å². The van der Waals surface area contributed by atoms with Crippen molar-refractivity contribution < 1.29 is 0 Å². The van der Waals surface area contributed by atoms with Crippen molar-refractivity contribution in [3.8, 4) is 0 Å². The van der Waals surface area contributed by atoms with E-state index in [-0.39, 0.29) is 0 Å². The third-order valence-corrected chi connectivity index (χ3v) is 2.80. The molecule has 3 nitrogen and oxygen atoms in total. The van der Waals surface area contributed by atoms with E-state index in [0.29, 0.717) is 0 Å². The summed E-state index contributed by atoms with van der Waals surface area (Å²) < 4.78 is 0. The SMILES string of the molecule is CCCCCNCCN(C)Cc1cccnc1. The molecule has 1 N–H and O–H groups in total. The lowest BCUT2D eigenvalue weighted by Crippen LogP contribution is -2.29. The van der Waals surface area contributed by atoms with Gasteiger partial charge >= 0.3 is 0 Å². The zero-order chi connectivity index (χ0) is 12.3. The van der Waals surface area contributed by atoms with E-state index in [1.807, 2.05) is 18.5 Å². The molecule has 17 heavy (non-hydrogen) atoms. The molecule has 0 unspecified atom stereocenters. The van der Waals surface area contributed by atoms with Gasteiger partial charge in [-0.15, -0.1) is 0 Å². The summed E-state index contributed by atoms with van der Waals surface area (Å²) in [6.45, 7) is 6.52. The minimum atomic E-state index is 0.977. The number of pyridine rings is 1. The Balaban J connectivity index is 2.03. The zero-order valence-electron chi connectivity index (χ0n) is 11.2. The molecular weight excluding hydrogens is 210 g/mol. The molecule has 1 aromatic heterocycles. The fourth-order valence-electron chi connectivity index (χ4n) is 1.78. The van der Waals surface area contributed by atoms with Gasteiger partial charge < -0.3 is 10.2 Å². The van der Waals surface area contributed by atoms with Crippen molar-refractivity contribution in [3.63, 3.8) is 0 Å². The van der Waals surface area contributed by atoms with Crippen LogP contribution in [-0.2, 0) is 6.54 Å². The van der Waals surface area contributed by atoms with Crippen molar-refractivity contribution in [2.45, 2.75) is 32.7 Å². The Bertz CT molecular complexity index is 274. The van der Waals surface area contributed by atoms with Gasteiger partial charge in [0.05, 0.1) is 0 Å². The van der Waals surface area contributed by atoms with Gasteiger partial charge in [0, 0.05) is 32.0 Å². The second-order valence-electron chi connectivity index (χ2n) is 4.56. The molecule has 1 heterocycles. The zero-order valence-corrected chi connectivity index (χ0v) is 11.2. The van der Waals surface area contributed by atoms with Crippen molar-refractivity contribution in [3.05, 3.63) is 30.1 Å². The van der Waals surface area contributed by atoms with E-state index in [4.69, 9.17) is 0 Å². The minimum Gasteiger partial charge on any atom is -0.315 e. The van der Waals surface area contributed by atoms with Gasteiger partial charge in [-0.25, -0.2) is 0 Å². The van der Waals surface area contributed by atoms with E-state index < -0.39 is 0 Å². The summed E-state index contributed by atoms with van der Waals surface area (Å²) in [5.41, 5.74) is 1.28. The Hall–Kier alpha value is -0.930. The van der Waals surface area contributed by atoms with E-state index in [9.17, 15) is 0 Å². The van der Waals surface area contributed by atoms with Crippen LogP contribution >= 0.6 is 0 Å². The number of rotatable bonds is 9. The summed E-state index contributed by atoms with van der Waals surface area (Å²) >= 11 is 0. The van der Waals surface area contributed by atoms with Gasteiger partial charge in [-0.1, -0.05) is 25.8 Å². The summed E-state index contributed by atoms with van der Waals surface area (Å²) in [4.78, 5) is 6.45. The molecule has 1 rings (SSSR count). The van der Waals surface area contributed by atoms with Crippen molar-refractivity contribution in [1.29, 1.82) is 0 Å². The van der Waals surface area contributed by atoms with Gasteiger partial charge in [0.1, 0.15) is 0 Å². The van der Waals surface area contributed by atoms with E-state index in [2.05, 4.69) is 35.2 Å². The first-order valence-electron chi connectivity index (χ1n) is 6.61. The van der Waals surface area contributed by atoms with Crippen LogP contribution in [0, 0.1) is 0 Å².